The Morgan fingerprint density at radius 3 is 2.53 bits per heavy atom. The zero-order valence-corrected chi connectivity index (χ0v) is 12.3. The van der Waals surface area contributed by atoms with Crippen molar-refractivity contribution in [2.45, 2.75) is 52.2 Å². The van der Waals surface area contributed by atoms with Gasteiger partial charge in [0, 0.05) is 13.1 Å². The molecule has 0 aromatic rings. The van der Waals surface area contributed by atoms with Crippen molar-refractivity contribution in [2.75, 3.05) is 19.7 Å². The van der Waals surface area contributed by atoms with Crippen LogP contribution in [0.3, 0.4) is 0 Å². The fourth-order valence-electron chi connectivity index (χ4n) is 2.61. The van der Waals surface area contributed by atoms with E-state index in [1.165, 1.54) is 0 Å². The number of rotatable bonds is 4. The molecule has 1 heterocycles. The molecule has 0 spiro atoms. The van der Waals surface area contributed by atoms with Crippen molar-refractivity contribution >= 4 is 5.91 Å². The van der Waals surface area contributed by atoms with Gasteiger partial charge in [-0.3, -0.25) is 4.79 Å². The van der Waals surface area contributed by atoms with Crippen molar-refractivity contribution in [3.63, 3.8) is 0 Å². The molecule has 1 aliphatic rings. The molecule has 19 heavy (non-hydrogen) atoms. The van der Waals surface area contributed by atoms with E-state index >= 15 is 0 Å². The lowest BCUT2D eigenvalue weighted by Gasteiger charge is -2.44. The summed E-state index contributed by atoms with van der Waals surface area (Å²) in [5.74, 6) is -0.144. The number of morpholine rings is 1. The predicted molar refractivity (Wildman–Crippen MR) is 71.2 cm³/mol. The number of amides is 1. The van der Waals surface area contributed by atoms with Gasteiger partial charge in [-0.2, -0.15) is 5.26 Å². The van der Waals surface area contributed by atoms with Gasteiger partial charge in [0.25, 0.3) is 0 Å². The highest BCUT2D eigenvalue weighted by molar-refractivity contribution is 5.85. The third kappa shape index (κ3) is 3.26. The van der Waals surface area contributed by atoms with E-state index in [9.17, 15) is 15.2 Å². The number of carbonyl (C=O) groups is 1. The van der Waals surface area contributed by atoms with Crippen LogP contribution in [-0.4, -0.2) is 47.3 Å². The van der Waals surface area contributed by atoms with Crippen LogP contribution < -0.4 is 0 Å². The molecule has 0 aromatic heterocycles. The quantitative estimate of drug-likeness (QED) is 0.834. The highest BCUT2D eigenvalue weighted by Crippen LogP contribution is 2.31. The lowest BCUT2D eigenvalue weighted by atomic mass is 9.82. The SMILES string of the molecule is CCC(C#N)(CC)C(=O)N1CC(CO)OC(C)(C)C1. The number of hydrogen-bond acceptors (Lipinski definition) is 4. The third-order valence-corrected chi connectivity index (χ3v) is 3.80. The monoisotopic (exact) mass is 268 g/mol. The molecule has 0 radical (unpaired) electrons. The van der Waals surface area contributed by atoms with Crippen LogP contribution in [0.15, 0.2) is 0 Å². The van der Waals surface area contributed by atoms with Crippen LogP contribution in [0.2, 0.25) is 0 Å². The Labute approximate surface area is 115 Å². The summed E-state index contributed by atoms with van der Waals surface area (Å²) in [5, 5.41) is 18.6. The molecule has 1 unspecified atom stereocenters. The van der Waals surface area contributed by atoms with Crippen LogP contribution in [0.1, 0.15) is 40.5 Å². The number of ether oxygens (including phenoxy) is 1. The summed E-state index contributed by atoms with van der Waals surface area (Å²) in [7, 11) is 0. The molecular weight excluding hydrogens is 244 g/mol. The Balaban J connectivity index is 2.95. The molecule has 5 heteroatoms. The maximum absolute atomic E-state index is 12.6. The first-order chi connectivity index (χ1) is 8.84. The van der Waals surface area contributed by atoms with Gasteiger partial charge in [0.1, 0.15) is 5.41 Å². The third-order valence-electron chi connectivity index (χ3n) is 3.80. The van der Waals surface area contributed by atoms with Gasteiger partial charge in [-0.25, -0.2) is 0 Å². The summed E-state index contributed by atoms with van der Waals surface area (Å²) in [6.45, 7) is 8.18. The topological polar surface area (TPSA) is 73.6 Å². The summed E-state index contributed by atoms with van der Waals surface area (Å²) in [5.41, 5.74) is -1.45. The van der Waals surface area contributed by atoms with Gasteiger partial charge in [-0.15, -0.1) is 0 Å². The molecule has 1 rings (SSSR count). The van der Waals surface area contributed by atoms with Crippen LogP contribution in [0, 0.1) is 16.7 Å². The summed E-state index contributed by atoms with van der Waals surface area (Å²) in [4.78, 5) is 14.3. The van der Waals surface area contributed by atoms with E-state index in [1.54, 1.807) is 4.90 Å². The van der Waals surface area contributed by atoms with Crippen molar-refractivity contribution in [1.29, 1.82) is 5.26 Å². The number of aliphatic hydroxyl groups excluding tert-OH is 1. The minimum atomic E-state index is -0.951. The second kappa shape index (κ2) is 5.89. The van der Waals surface area contributed by atoms with Gasteiger partial charge in [-0.05, 0) is 26.7 Å². The van der Waals surface area contributed by atoms with Crippen molar-refractivity contribution in [1.82, 2.24) is 4.90 Å². The Kier molecular flexibility index (Phi) is 4.94. The lowest BCUT2D eigenvalue weighted by Crippen LogP contribution is -2.58. The molecule has 1 saturated heterocycles. The van der Waals surface area contributed by atoms with Gasteiger partial charge in [0.2, 0.25) is 5.91 Å². The number of hydrogen-bond donors (Lipinski definition) is 1. The number of nitriles is 1. The molecular formula is C14H24N2O3. The van der Waals surface area contributed by atoms with Crippen LogP contribution in [0.5, 0.6) is 0 Å². The van der Waals surface area contributed by atoms with Gasteiger partial charge in [0.05, 0.1) is 24.4 Å². The molecule has 1 N–H and O–H groups in total. The van der Waals surface area contributed by atoms with Gasteiger partial charge in [0.15, 0.2) is 0 Å². The van der Waals surface area contributed by atoms with E-state index < -0.39 is 11.0 Å². The average molecular weight is 268 g/mol. The first-order valence-corrected chi connectivity index (χ1v) is 6.83. The van der Waals surface area contributed by atoms with Gasteiger partial charge >= 0.3 is 0 Å². The number of nitrogens with zero attached hydrogens (tertiary/aromatic N) is 2. The summed E-state index contributed by atoms with van der Waals surface area (Å²) in [6, 6.07) is 2.18. The fraction of sp³-hybridized carbons (Fsp3) is 0.857. The summed E-state index contributed by atoms with van der Waals surface area (Å²) in [6.07, 6.45) is 0.624. The Morgan fingerprint density at radius 2 is 2.11 bits per heavy atom. The zero-order chi connectivity index (χ0) is 14.7. The van der Waals surface area contributed by atoms with Crippen LogP contribution in [-0.2, 0) is 9.53 Å². The maximum Gasteiger partial charge on any atom is 0.243 e. The largest absolute Gasteiger partial charge is 0.394 e. The Morgan fingerprint density at radius 1 is 1.53 bits per heavy atom. The molecule has 0 bridgehead atoms. The van der Waals surface area contributed by atoms with Crippen molar-refractivity contribution in [3.05, 3.63) is 0 Å². The molecule has 1 amide bonds. The van der Waals surface area contributed by atoms with Crippen LogP contribution in [0.25, 0.3) is 0 Å². The van der Waals surface area contributed by atoms with E-state index in [-0.39, 0.29) is 18.6 Å². The maximum atomic E-state index is 12.6. The number of carbonyl (C=O) groups excluding carboxylic acids is 1. The minimum Gasteiger partial charge on any atom is -0.394 e. The molecule has 0 aliphatic carbocycles. The van der Waals surface area contributed by atoms with E-state index in [2.05, 4.69) is 6.07 Å². The second-order valence-electron chi connectivity index (χ2n) is 5.77. The molecule has 1 fully saturated rings. The van der Waals surface area contributed by atoms with Crippen molar-refractivity contribution < 1.29 is 14.6 Å². The Bertz CT molecular complexity index is 369. The summed E-state index contributed by atoms with van der Waals surface area (Å²) >= 11 is 0. The molecule has 5 nitrogen and oxygen atoms in total. The van der Waals surface area contributed by atoms with E-state index in [1.807, 2.05) is 27.7 Å². The lowest BCUT2D eigenvalue weighted by molar-refractivity contribution is -0.172. The zero-order valence-electron chi connectivity index (χ0n) is 12.3. The van der Waals surface area contributed by atoms with Crippen molar-refractivity contribution in [3.8, 4) is 6.07 Å². The predicted octanol–water partition coefficient (Wildman–Crippen LogP) is 1.31. The normalized spacial score (nSPS) is 22.9. The first kappa shape index (κ1) is 15.9. The van der Waals surface area contributed by atoms with E-state index in [4.69, 9.17) is 4.74 Å². The van der Waals surface area contributed by atoms with Gasteiger partial charge < -0.3 is 14.7 Å². The van der Waals surface area contributed by atoms with Crippen molar-refractivity contribution in [2.24, 2.45) is 5.41 Å². The Hall–Kier alpha value is -1.12. The van der Waals surface area contributed by atoms with Crippen LogP contribution >= 0.6 is 0 Å². The highest BCUT2D eigenvalue weighted by Gasteiger charge is 2.43. The molecule has 108 valence electrons. The standard InChI is InChI=1S/C14H24N2O3/c1-5-14(6-2,9-15)12(18)16-7-11(8-17)19-13(3,4)10-16/h11,17H,5-8,10H2,1-4H3. The smallest absolute Gasteiger partial charge is 0.243 e. The molecule has 0 saturated carbocycles. The first-order valence-electron chi connectivity index (χ1n) is 6.83. The molecule has 1 aliphatic heterocycles. The molecule has 1 atom stereocenters. The minimum absolute atomic E-state index is 0.120. The fourth-order valence-corrected chi connectivity index (χ4v) is 2.61. The van der Waals surface area contributed by atoms with E-state index in [0.29, 0.717) is 25.9 Å². The van der Waals surface area contributed by atoms with E-state index in [0.717, 1.165) is 0 Å². The average Bonchev–Trinajstić information content (AvgIpc) is 2.39. The van der Waals surface area contributed by atoms with Gasteiger partial charge in [-0.1, -0.05) is 13.8 Å². The molecule has 0 aromatic carbocycles. The summed E-state index contributed by atoms with van der Waals surface area (Å²) < 4.78 is 5.69. The van der Waals surface area contributed by atoms with Crippen LogP contribution in [0.4, 0.5) is 0 Å². The second-order valence-corrected chi connectivity index (χ2v) is 5.77. The highest BCUT2D eigenvalue weighted by atomic mass is 16.5. The number of aliphatic hydroxyl groups is 1.